The molecular formula is C11H12NO2. The lowest BCUT2D eigenvalue weighted by molar-refractivity contribution is 0.0843. The maximum absolute atomic E-state index is 11.6. The van der Waals surface area contributed by atoms with Crippen molar-refractivity contribution in [2.24, 2.45) is 0 Å². The Bertz CT molecular complexity index is 308. The van der Waals surface area contributed by atoms with Crippen LogP contribution < -0.4 is 0 Å². The Morgan fingerprint density at radius 2 is 2.00 bits per heavy atom. The van der Waals surface area contributed by atoms with E-state index < -0.39 is 0 Å². The fourth-order valence-electron chi connectivity index (χ4n) is 1.15. The van der Waals surface area contributed by atoms with Gasteiger partial charge >= 0.3 is 6.41 Å². The van der Waals surface area contributed by atoms with Gasteiger partial charge in [-0.25, -0.2) is 0 Å². The fraction of sp³-hybridized carbons (Fsp3) is 0.273. The van der Waals surface area contributed by atoms with Crippen molar-refractivity contribution < 1.29 is 9.59 Å². The molecule has 14 heavy (non-hydrogen) atoms. The van der Waals surface area contributed by atoms with Gasteiger partial charge in [-0.3, -0.25) is 14.5 Å². The van der Waals surface area contributed by atoms with Crippen LogP contribution in [0.2, 0.25) is 0 Å². The highest BCUT2D eigenvalue weighted by Gasteiger charge is 2.13. The van der Waals surface area contributed by atoms with E-state index in [9.17, 15) is 9.59 Å². The highest BCUT2D eigenvalue weighted by atomic mass is 16.2. The Morgan fingerprint density at radius 3 is 2.50 bits per heavy atom. The zero-order valence-corrected chi connectivity index (χ0v) is 8.06. The second kappa shape index (κ2) is 5.17. The third kappa shape index (κ3) is 2.42. The van der Waals surface area contributed by atoms with E-state index in [0.29, 0.717) is 12.1 Å². The van der Waals surface area contributed by atoms with Crippen LogP contribution >= 0.6 is 0 Å². The molecule has 3 nitrogen and oxygen atoms in total. The van der Waals surface area contributed by atoms with Crippen LogP contribution in [0.15, 0.2) is 30.3 Å². The maximum atomic E-state index is 11.6. The minimum absolute atomic E-state index is 0.289. The summed E-state index contributed by atoms with van der Waals surface area (Å²) in [6.45, 7) is 2.32. The smallest absolute Gasteiger partial charge is 0.270 e. The van der Waals surface area contributed by atoms with Gasteiger partial charge in [-0.15, -0.1) is 0 Å². The first-order valence-corrected chi connectivity index (χ1v) is 4.54. The van der Waals surface area contributed by atoms with Gasteiger partial charge in [-0.05, 0) is 18.6 Å². The van der Waals surface area contributed by atoms with Gasteiger partial charge in [0.15, 0.2) is 0 Å². The van der Waals surface area contributed by atoms with E-state index in [1.165, 1.54) is 0 Å². The van der Waals surface area contributed by atoms with Gasteiger partial charge < -0.3 is 0 Å². The van der Waals surface area contributed by atoms with E-state index in [1.54, 1.807) is 30.7 Å². The number of hydrogen-bond donors (Lipinski definition) is 0. The Balaban J connectivity index is 2.78. The summed E-state index contributed by atoms with van der Waals surface area (Å²) in [7, 11) is 0. The summed E-state index contributed by atoms with van der Waals surface area (Å²) in [5.41, 5.74) is 0.518. The summed E-state index contributed by atoms with van der Waals surface area (Å²) in [5.74, 6) is -0.289. The van der Waals surface area contributed by atoms with Crippen LogP contribution in [0.1, 0.15) is 23.7 Å². The van der Waals surface area contributed by atoms with Crippen LogP contribution in [-0.4, -0.2) is 23.8 Å². The molecule has 73 valence electrons. The van der Waals surface area contributed by atoms with Crippen molar-refractivity contribution in [2.45, 2.75) is 13.3 Å². The lowest BCUT2D eigenvalue weighted by atomic mass is 10.2. The molecule has 0 unspecified atom stereocenters. The first kappa shape index (κ1) is 10.4. The zero-order chi connectivity index (χ0) is 10.4. The second-order valence-electron chi connectivity index (χ2n) is 2.91. The first-order valence-electron chi connectivity index (χ1n) is 4.54. The lowest BCUT2D eigenvalue weighted by Gasteiger charge is -2.12. The van der Waals surface area contributed by atoms with Crippen LogP contribution in [0, 0.1) is 0 Å². The molecule has 1 rings (SSSR count). The fourth-order valence-corrected chi connectivity index (χ4v) is 1.15. The highest BCUT2D eigenvalue weighted by molar-refractivity contribution is 5.99. The van der Waals surface area contributed by atoms with E-state index in [-0.39, 0.29) is 5.91 Å². The summed E-state index contributed by atoms with van der Waals surface area (Å²) >= 11 is 0. The Kier molecular flexibility index (Phi) is 3.85. The van der Waals surface area contributed by atoms with Gasteiger partial charge in [0, 0.05) is 12.1 Å². The van der Waals surface area contributed by atoms with Crippen LogP contribution in [0.4, 0.5) is 0 Å². The number of nitrogens with zero attached hydrogens (tertiary/aromatic N) is 1. The summed E-state index contributed by atoms with van der Waals surface area (Å²) in [4.78, 5) is 23.2. The standard InChI is InChI=1S/C11H12NO2/c1-2-8-12(9-13)11(14)10-6-4-3-5-7-10/h3-7H,2,8H2,1H3. The van der Waals surface area contributed by atoms with E-state index in [0.717, 1.165) is 11.3 Å². The molecule has 0 saturated carbocycles. The molecule has 0 heterocycles. The number of carbonyl (C=O) groups excluding carboxylic acids is 2. The number of benzene rings is 1. The van der Waals surface area contributed by atoms with Gasteiger partial charge in [0.05, 0.1) is 0 Å². The molecule has 0 N–H and O–H groups in total. The summed E-state index contributed by atoms with van der Waals surface area (Å²) in [5, 5.41) is 0. The molecule has 1 aromatic carbocycles. The highest BCUT2D eigenvalue weighted by Crippen LogP contribution is 2.03. The Hall–Kier alpha value is -1.64. The van der Waals surface area contributed by atoms with Crippen molar-refractivity contribution in [3.8, 4) is 0 Å². The molecule has 0 spiro atoms. The predicted molar refractivity (Wildman–Crippen MR) is 53.5 cm³/mol. The van der Waals surface area contributed by atoms with Crippen molar-refractivity contribution in [3.05, 3.63) is 35.9 Å². The van der Waals surface area contributed by atoms with Crippen molar-refractivity contribution in [2.75, 3.05) is 6.54 Å². The number of rotatable bonds is 4. The number of amides is 2. The monoisotopic (exact) mass is 190 g/mol. The van der Waals surface area contributed by atoms with Crippen LogP contribution in [-0.2, 0) is 4.79 Å². The van der Waals surface area contributed by atoms with Crippen LogP contribution in [0.3, 0.4) is 0 Å². The molecule has 3 heteroatoms. The van der Waals surface area contributed by atoms with Crippen LogP contribution in [0.25, 0.3) is 0 Å². The van der Waals surface area contributed by atoms with Gasteiger partial charge in [0.2, 0.25) is 0 Å². The number of hydrogen-bond acceptors (Lipinski definition) is 2. The first-order chi connectivity index (χ1) is 6.79. The van der Waals surface area contributed by atoms with Crippen molar-refractivity contribution in [1.82, 2.24) is 4.90 Å². The Morgan fingerprint density at radius 1 is 1.36 bits per heavy atom. The third-order valence-electron chi connectivity index (χ3n) is 1.82. The number of imide groups is 1. The molecule has 0 aliphatic rings. The quantitative estimate of drug-likeness (QED) is 0.676. The number of carbonyl (C=O) groups is 1. The molecule has 0 bridgehead atoms. The van der Waals surface area contributed by atoms with E-state index in [1.807, 2.05) is 13.0 Å². The van der Waals surface area contributed by atoms with E-state index in [4.69, 9.17) is 0 Å². The summed E-state index contributed by atoms with van der Waals surface area (Å²) < 4.78 is 0. The third-order valence-corrected chi connectivity index (χ3v) is 1.82. The lowest BCUT2D eigenvalue weighted by Crippen LogP contribution is -2.30. The molecule has 0 aliphatic carbocycles. The molecule has 1 aromatic rings. The maximum Gasteiger partial charge on any atom is 0.319 e. The van der Waals surface area contributed by atoms with E-state index >= 15 is 0 Å². The van der Waals surface area contributed by atoms with Crippen LogP contribution in [0.5, 0.6) is 0 Å². The topological polar surface area (TPSA) is 37.4 Å². The molecule has 0 atom stereocenters. The minimum Gasteiger partial charge on any atom is -0.270 e. The Labute approximate surface area is 83.3 Å². The SMILES string of the molecule is CCCN([C]=O)C(=O)c1ccccc1. The van der Waals surface area contributed by atoms with Crippen molar-refractivity contribution in [1.29, 1.82) is 0 Å². The van der Waals surface area contributed by atoms with Crippen molar-refractivity contribution in [3.63, 3.8) is 0 Å². The molecule has 2 amide bonds. The average Bonchev–Trinajstić information content (AvgIpc) is 2.26. The molecule has 0 aliphatic heterocycles. The predicted octanol–water partition coefficient (Wildman–Crippen LogP) is 1.61. The summed E-state index contributed by atoms with van der Waals surface area (Å²) in [6.07, 6.45) is 2.38. The molecule has 1 radical (unpaired) electrons. The molecule has 0 fully saturated rings. The average molecular weight is 190 g/mol. The second-order valence-corrected chi connectivity index (χ2v) is 2.91. The van der Waals surface area contributed by atoms with Gasteiger partial charge in [-0.1, -0.05) is 25.1 Å². The summed E-state index contributed by atoms with van der Waals surface area (Å²) in [6, 6.07) is 8.72. The molecule has 0 saturated heterocycles. The van der Waals surface area contributed by atoms with Gasteiger partial charge in [0.1, 0.15) is 0 Å². The van der Waals surface area contributed by atoms with Crippen molar-refractivity contribution >= 4 is 12.3 Å². The zero-order valence-electron chi connectivity index (χ0n) is 8.06. The normalized spacial score (nSPS) is 9.50. The minimum atomic E-state index is -0.289. The molecular weight excluding hydrogens is 178 g/mol. The van der Waals surface area contributed by atoms with Gasteiger partial charge in [-0.2, -0.15) is 0 Å². The molecule has 0 aromatic heterocycles. The largest absolute Gasteiger partial charge is 0.319 e. The van der Waals surface area contributed by atoms with Gasteiger partial charge in [0.25, 0.3) is 5.91 Å². The van der Waals surface area contributed by atoms with E-state index in [2.05, 4.69) is 0 Å².